The zero-order chi connectivity index (χ0) is 13.3. The molecule has 0 aliphatic carbocycles. The number of hydrogen-bond donors (Lipinski definition) is 2. The maximum atomic E-state index is 11.8. The normalized spacial score (nSPS) is 11.8. The molecule has 0 bridgehead atoms. The second kappa shape index (κ2) is 4.42. The number of anilines is 1. The lowest BCUT2D eigenvalue weighted by molar-refractivity contribution is -0.120. The van der Waals surface area contributed by atoms with E-state index in [0.29, 0.717) is 0 Å². The predicted octanol–water partition coefficient (Wildman–Crippen LogP) is 1.73. The van der Waals surface area contributed by atoms with E-state index in [-0.39, 0.29) is 5.91 Å². The van der Waals surface area contributed by atoms with Crippen molar-refractivity contribution in [3.8, 4) is 0 Å². The van der Waals surface area contributed by atoms with Gasteiger partial charge in [-0.3, -0.25) is 9.48 Å². The summed E-state index contributed by atoms with van der Waals surface area (Å²) in [5.74, 6) is -0.204. The van der Waals surface area contributed by atoms with Crippen LogP contribution in [0.3, 0.4) is 0 Å². The number of nitrogens with zero attached hydrogens (tertiary/aromatic N) is 2. The molecule has 1 aromatic heterocycles. The highest BCUT2D eigenvalue weighted by Crippen LogP contribution is 2.19. The van der Waals surface area contributed by atoms with Gasteiger partial charge in [-0.25, -0.2) is 0 Å². The average Bonchev–Trinajstić information content (AvgIpc) is 2.70. The van der Waals surface area contributed by atoms with E-state index in [4.69, 9.17) is 5.73 Å². The second-order valence-corrected chi connectivity index (χ2v) is 4.91. The first kappa shape index (κ1) is 12.6. The monoisotopic (exact) mass is 246 g/mol. The molecule has 5 heteroatoms. The Morgan fingerprint density at radius 1 is 1.50 bits per heavy atom. The van der Waals surface area contributed by atoms with E-state index in [1.165, 1.54) is 0 Å². The molecule has 3 N–H and O–H groups in total. The van der Waals surface area contributed by atoms with Crippen molar-refractivity contribution >= 4 is 22.5 Å². The fourth-order valence-electron chi connectivity index (χ4n) is 1.69. The molecule has 2 rings (SSSR count). The molecule has 0 fully saturated rings. The number of carbonyl (C=O) groups excluding carboxylic acids is 1. The summed E-state index contributed by atoms with van der Waals surface area (Å²) in [7, 11) is 0. The zero-order valence-electron chi connectivity index (χ0n) is 10.9. The molecule has 0 saturated heterocycles. The summed E-state index contributed by atoms with van der Waals surface area (Å²) in [5, 5.41) is 8.13. The summed E-state index contributed by atoms with van der Waals surface area (Å²) in [5.41, 5.74) is 6.60. The van der Waals surface area contributed by atoms with Gasteiger partial charge < -0.3 is 11.1 Å². The molecule has 0 saturated carbocycles. The number of carbonyl (C=O) groups is 1. The fraction of sp³-hybridized carbons (Fsp3) is 0.385. The van der Waals surface area contributed by atoms with Crippen LogP contribution in [0.25, 0.3) is 10.9 Å². The van der Waals surface area contributed by atoms with Gasteiger partial charge in [0.2, 0.25) is 5.91 Å². The van der Waals surface area contributed by atoms with Gasteiger partial charge in [-0.1, -0.05) is 0 Å². The summed E-state index contributed by atoms with van der Waals surface area (Å²) >= 11 is 0. The second-order valence-electron chi connectivity index (χ2n) is 4.91. The van der Waals surface area contributed by atoms with E-state index in [9.17, 15) is 4.79 Å². The number of hydrogen-bond acceptors (Lipinski definition) is 3. The van der Waals surface area contributed by atoms with Crippen LogP contribution in [0.4, 0.5) is 5.69 Å². The minimum Gasteiger partial charge on any atom is -0.324 e. The van der Waals surface area contributed by atoms with Crippen LogP contribution >= 0.6 is 0 Å². The molecule has 0 atom stereocenters. The number of amides is 1. The third-order valence-corrected chi connectivity index (χ3v) is 2.79. The van der Waals surface area contributed by atoms with Crippen LogP contribution in [0.15, 0.2) is 24.4 Å². The van der Waals surface area contributed by atoms with E-state index in [1.807, 2.05) is 36.0 Å². The Balaban J connectivity index is 2.32. The molecule has 1 heterocycles. The Morgan fingerprint density at radius 2 is 2.22 bits per heavy atom. The number of nitrogens with one attached hydrogen (secondary N) is 1. The molecule has 1 aromatic carbocycles. The third kappa shape index (κ3) is 2.36. The summed E-state index contributed by atoms with van der Waals surface area (Å²) in [6.45, 7) is 6.18. The minimum absolute atomic E-state index is 0.204. The lowest BCUT2D eigenvalue weighted by atomic mass is 10.1. The van der Waals surface area contributed by atoms with Gasteiger partial charge in [-0.2, -0.15) is 5.10 Å². The van der Waals surface area contributed by atoms with Gasteiger partial charge in [0.1, 0.15) is 0 Å². The van der Waals surface area contributed by atoms with E-state index in [2.05, 4.69) is 10.4 Å². The molecule has 2 aromatic rings. The molecule has 0 spiro atoms. The fourth-order valence-corrected chi connectivity index (χ4v) is 1.69. The molecule has 0 radical (unpaired) electrons. The standard InChI is InChI=1S/C13H18N4O/c1-4-17-11-7-10(6-5-9(11)8-15-17)16-12(18)13(2,3)14/h5-8H,4,14H2,1-3H3,(H,16,18). The number of rotatable bonds is 3. The van der Waals surface area contributed by atoms with Crippen LogP contribution in [-0.2, 0) is 11.3 Å². The van der Waals surface area contributed by atoms with E-state index < -0.39 is 5.54 Å². The first-order chi connectivity index (χ1) is 8.41. The average molecular weight is 246 g/mol. The number of aryl methyl sites for hydroxylation is 1. The summed E-state index contributed by atoms with van der Waals surface area (Å²) in [6, 6.07) is 5.71. The molecule has 5 nitrogen and oxygen atoms in total. The zero-order valence-corrected chi connectivity index (χ0v) is 10.9. The van der Waals surface area contributed by atoms with Crippen LogP contribution in [0.2, 0.25) is 0 Å². The van der Waals surface area contributed by atoms with Gasteiger partial charge in [0.15, 0.2) is 0 Å². The smallest absolute Gasteiger partial charge is 0.243 e. The SMILES string of the molecule is CCn1ncc2ccc(NC(=O)C(C)(C)N)cc21. The molecule has 1 amide bonds. The first-order valence-corrected chi connectivity index (χ1v) is 5.97. The summed E-state index contributed by atoms with van der Waals surface area (Å²) in [6.07, 6.45) is 1.82. The lowest BCUT2D eigenvalue weighted by Crippen LogP contribution is -2.45. The minimum atomic E-state index is -0.889. The van der Waals surface area contributed by atoms with Crippen LogP contribution in [-0.4, -0.2) is 21.2 Å². The van der Waals surface area contributed by atoms with Crippen LogP contribution in [0.5, 0.6) is 0 Å². The number of nitrogens with two attached hydrogens (primary N) is 1. The van der Waals surface area contributed by atoms with Crippen molar-refractivity contribution in [2.24, 2.45) is 5.73 Å². The molecule has 18 heavy (non-hydrogen) atoms. The Bertz CT molecular complexity index is 580. The Hall–Kier alpha value is -1.88. The van der Waals surface area contributed by atoms with Crippen molar-refractivity contribution in [3.05, 3.63) is 24.4 Å². The Labute approximate surface area is 106 Å². The summed E-state index contributed by atoms with van der Waals surface area (Å²) < 4.78 is 1.89. The topological polar surface area (TPSA) is 72.9 Å². The predicted molar refractivity (Wildman–Crippen MR) is 72.3 cm³/mol. The molecule has 0 aliphatic heterocycles. The highest BCUT2D eigenvalue weighted by Gasteiger charge is 2.21. The molecule has 0 aliphatic rings. The summed E-state index contributed by atoms with van der Waals surface area (Å²) in [4.78, 5) is 11.8. The van der Waals surface area contributed by atoms with Gasteiger partial charge in [0.25, 0.3) is 0 Å². The maximum absolute atomic E-state index is 11.8. The third-order valence-electron chi connectivity index (χ3n) is 2.79. The van der Waals surface area contributed by atoms with Crippen molar-refractivity contribution < 1.29 is 4.79 Å². The highest BCUT2D eigenvalue weighted by molar-refractivity contribution is 5.98. The van der Waals surface area contributed by atoms with Crippen molar-refractivity contribution in [1.29, 1.82) is 0 Å². The first-order valence-electron chi connectivity index (χ1n) is 5.97. The van der Waals surface area contributed by atoms with Gasteiger partial charge in [0, 0.05) is 17.6 Å². The molecular formula is C13H18N4O. The van der Waals surface area contributed by atoms with Gasteiger partial charge in [0.05, 0.1) is 17.3 Å². The number of fused-ring (bicyclic) bond motifs is 1. The molecule has 0 unspecified atom stereocenters. The van der Waals surface area contributed by atoms with Crippen LogP contribution < -0.4 is 11.1 Å². The van der Waals surface area contributed by atoms with Crippen molar-refractivity contribution in [1.82, 2.24) is 9.78 Å². The lowest BCUT2D eigenvalue weighted by Gasteiger charge is -2.17. The van der Waals surface area contributed by atoms with Crippen molar-refractivity contribution in [3.63, 3.8) is 0 Å². The molecule has 96 valence electrons. The van der Waals surface area contributed by atoms with Gasteiger partial charge >= 0.3 is 0 Å². The van der Waals surface area contributed by atoms with E-state index in [1.54, 1.807) is 13.8 Å². The van der Waals surface area contributed by atoms with E-state index in [0.717, 1.165) is 23.1 Å². The van der Waals surface area contributed by atoms with Gasteiger partial charge in [-0.15, -0.1) is 0 Å². The Kier molecular flexibility index (Phi) is 3.09. The van der Waals surface area contributed by atoms with Crippen molar-refractivity contribution in [2.45, 2.75) is 32.9 Å². The number of benzene rings is 1. The number of aromatic nitrogens is 2. The highest BCUT2D eigenvalue weighted by atomic mass is 16.2. The maximum Gasteiger partial charge on any atom is 0.243 e. The van der Waals surface area contributed by atoms with Crippen LogP contribution in [0, 0.1) is 0 Å². The quantitative estimate of drug-likeness (QED) is 0.866. The van der Waals surface area contributed by atoms with Crippen molar-refractivity contribution in [2.75, 3.05) is 5.32 Å². The Morgan fingerprint density at radius 3 is 2.83 bits per heavy atom. The van der Waals surface area contributed by atoms with Gasteiger partial charge in [-0.05, 0) is 39.0 Å². The molecular weight excluding hydrogens is 228 g/mol. The van der Waals surface area contributed by atoms with Crippen LogP contribution in [0.1, 0.15) is 20.8 Å². The van der Waals surface area contributed by atoms with E-state index >= 15 is 0 Å². The largest absolute Gasteiger partial charge is 0.324 e.